The largest absolute Gasteiger partial charge is 0.484 e. The number of hydrogen-bond acceptors (Lipinski definition) is 3. The molecule has 4 nitrogen and oxygen atoms in total. The van der Waals surface area contributed by atoms with Crippen LogP contribution in [0.25, 0.3) is 0 Å². The van der Waals surface area contributed by atoms with E-state index in [0.29, 0.717) is 10.8 Å². The van der Waals surface area contributed by atoms with Crippen LogP contribution in [0.3, 0.4) is 0 Å². The Labute approximate surface area is 146 Å². The first-order chi connectivity index (χ1) is 10.5. The minimum absolute atomic E-state index is 0.121. The smallest absolute Gasteiger partial charge is 0.264 e. The third-order valence-corrected chi connectivity index (χ3v) is 3.52. The van der Waals surface area contributed by atoms with E-state index in [-0.39, 0.29) is 17.6 Å². The van der Waals surface area contributed by atoms with Crippen LogP contribution in [0.4, 0.5) is 5.69 Å². The molecule has 0 spiro atoms. The summed E-state index contributed by atoms with van der Waals surface area (Å²) in [4.78, 5) is 11.7. The Morgan fingerprint density at radius 3 is 2.41 bits per heavy atom. The van der Waals surface area contributed by atoms with Gasteiger partial charge in [-0.1, -0.05) is 27.5 Å². The summed E-state index contributed by atoms with van der Waals surface area (Å²) in [7, 11) is 0. The molecule has 2 aromatic rings. The fraction of sp³-hybridized carbons (Fsp3) is 0.0667. The highest BCUT2D eigenvalue weighted by molar-refractivity contribution is 9.10. The van der Waals surface area contributed by atoms with Crippen molar-refractivity contribution in [1.82, 2.24) is 5.32 Å². The van der Waals surface area contributed by atoms with Gasteiger partial charge in [-0.05, 0) is 60.7 Å². The van der Waals surface area contributed by atoms with E-state index in [1.807, 2.05) is 12.1 Å². The number of hydrogen-bond donors (Lipinski definition) is 2. The van der Waals surface area contributed by atoms with Gasteiger partial charge in [-0.2, -0.15) is 0 Å². The summed E-state index contributed by atoms with van der Waals surface area (Å²) in [6.07, 6.45) is 0. The minimum atomic E-state index is -0.339. The van der Waals surface area contributed by atoms with E-state index in [1.165, 1.54) is 0 Å². The Balaban J connectivity index is 1.77. The number of anilines is 1. The summed E-state index contributed by atoms with van der Waals surface area (Å²) in [5.41, 5.74) is 0.739. The molecule has 0 radical (unpaired) electrons. The second-order valence-electron chi connectivity index (χ2n) is 4.25. The van der Waals surface area contributed by atoms with Crippen molar-refractivity contribution in [1.29, 1.82) is 0 Å². The van der Waals surface area contributed by atoms with Crippen LogP contribution in [0, 0.1) is 0 Å². The molecule has 0 fully saturated rings. The number of amides is 1. The van der Waals surface area contributed by atoms with Gasteiger partial charge in [0.15, 0.2) is 11.7 Å². The summed E-state index contributed by atoms with van der Waals surface area (Å²) in [6.45, 7) is -0.121. The molecule has 0 aliphatic carbocycles. The molecule has 0 saturated heterocycles. The lowest BCUT2D eigenvalue weighted by molar-refractivity contribution is -0.121. The number of ether oxygens (including phenoxy) is 1. The Morgan fingerprint density at radius 2 is 1.77 bits per heavy atom. The molecule has 0 atom stereocenters. The average Bonchev–Trinajstić information content (AvgIpc) is 2.49. The third-order valence-electron chi connectivity index (χ3n) is 2.54. The zero-order valence-electron chi connectivity index (χ0n) is 11.3. The van der Waals surface area contributed by atoms with E-state index in [9.17, 15) is 4.79 Å². The van der Waals surface area contributed by atoms with Gasteiger partial charge in [0.25, 0.3) is 5.91 Å². The molecular formula is C15H12BrClN2O2S. The van der Waals surface area contributed by atoms with Crippen LogP contribution >= 0.6 is 39.7 Å². The highest BCUT2D eigenvalue weighted by Crippen LogP contribution is 2.16. The Morgan fingerprint density at radius 1 is 1.14 bits per heavy atom. The van der Waals surface area contributed by atoms with E-state index < -0.39 is 0 Å². The van der Waals surface area contributed by atoms with Crippen molar-refractivity contribution in [2.24, 2.45) is 0 Å². The predicted molar refractivity (Wildman–Crippen MR) is 95.5 cm³/mol. The van der Waals surface area contributed by atoms with Gasteiger partial charge in [0, 0.05) is 15.2 Å². The number of halogens is 2. The first kappa shape index (κ1) is 16.7. The SMILES string of the molecule is O=C(COc1ccc(Br)cc1)NC(=S)Nc1ccc(Cl)cc1. The number of rotatable bonds is 4. The van der Waals surface area contributed by atoms with Gasteiger partial charge in [-0.25, -0.2) is 0 Å². The van der Waals surface area contributed by atoms with Crippen LogP contribution in [0.2, 0.25) is 5.02 Å². The normalized spacial score (nSPS) is 9.91. The molecule has 2 N–H and O–H groups in total. The fourth-order valence-corrected chi connectivity index (χ4v) is 2.16. The molecule has 2 rings (SSSR count). The minimum Gasteiger partial charge on any atom is -0.484 e. The van der Waals surface area contributed by atoms with Crippen molar-refractivity contribution in [3.8, 4) is 5.75 Å². The van der Waals surface area contributed by atoms with E-state index in [2.05, 4.69) is 26.6 Å². The van der Waals surface area contributed by atoms with Crippen LogP contribution < -0.4 is 15.4 Å². The van der Waals surface area contributed by atoms with Crippen molar-refractivity contribution in [2.75, 3.05) is 11.9 Å². The molecule has 0 aliphatic heterocycles. The molecule has 0 heterocycles. The van der Waals surface area contributed by atoms with Crippen LogP contribution in [0.5, 0.6) is 5.75 Å². The highest BCUT2D eigenvalue weighted by Gasteiger charge is 2.06. The van der Waals surface area contributed by atoms with Crippen LogP contribution in [-0.2, 0) is 4.79 Å². The second kappa shape index (κ2) is 8.12. The predicted octanol–water partition coefficient (Wildman–Crippen LogP) is 3.99. The molecule has 1 amide bonds. The van der Waals surface area contributed by atoms with Gasteiger partial charge in [0.05, 0.1) is 0 Å². The van der Waals surface area contributed by atoms with Gasteiger partial charge in [-0.15, -0.1) is 0 Å². The van der Waals surface area contributed by atoms with Crippen molar-refractivity contribution in [3.63, 3.8) is 0 Å². The van der Waals surface area contributed by atoms with Crippen molar-refractivity contribution >= 4 is 56.5 Å². The highest BCUT2D eigenvalue weighted by atomic mass is 79.9. The average molecular weight is 400 g/mol. The van der Waals surface area contributed by atoms with Crippen LogP contribution in [0.15, 0.2) is 53.0 Å². The summed E-state index contributed by atoms with van der Waals surface area (Å²) in [6, 6.07) is 14.2. The number of carbonyl (C=O) groups is 1. The number of carbonyl (C=O) groups excluding carboxylic acids is 1. The van der Waals surface area contributed by atoms with Gasteiger partial charge in [0.1, 0.15) is 5.75 Å². The molecule has 0 aliphatic rings. The molecule has 0 unspecified atom stereocenters. The standard InChI is InChI=1S/C15H12BrClN2O2S/c16-10-1-7-13(8-2-10)21-9-14(20)19-15(22)18-12-5-3-11(17)4-6-12/h1-8H,9H2,(H2,18,19,20,22). The summed E-state index contributed by atoms with van der Waals surface area (Å²) in [5.74, 6) is 0.268. The first-order valence-corrected chi connectivity index (χ1v) is 7.85. The molecule has 22 heavy (non-hydrogen) atoms. The second-order valence-corrected chi connectivity index (χ2v) is 6.01. The zero-order chi connectivity index (χ0) is 15.9. The maximum absolute atomic E-state index is 11.7. The van der Waals surface area contributed by atoms with E-state index >= 15 is 0 Å². The van der Waals surface area contributed by atoms with Gasteiger partial charge < -0.3 is 10.1 Å². The van der Waals surface area contributed by atoms with Crippen molar-refractivity contribution in [3.05, 3.63) is 58.0 Å². The summed E-state index contributed by atoms with van der Waals surface area (Å²) >= 11 is 14.2. The Bertz CT molecular complexity index is 662. The maximum Gasteiger partial charge on any atom is 0.264 e. The number of thiocarbonyl (C=S) groups is 1. The first-order valence-electron chi connectivity index (χ1n) is 6.28. The third kappa shape index (κ3) is 5.63. The van der Waals surface area contributed by atoms with Crippen LogP contribution in [0.1, 0.15) is 0 Å². The van der Waals surface area contributed by atoms with Crippen molar-refractivity contribution < 1.29 is 9.53 Å². The van der Waals surface area contributed by atoms with E-state index in [0.717, 1.165) is 10.2 Å². The molecular weight excluding hydrogens is 388 g/mol. The molecule has 0 aromatic heterocycles. The topological polar surface area (TPSA) is 50.4 Å². The lowest BCUT2D eigenvalue weighted by Gasteiger charge is -2.10. The number of benzene rings is 2. The Kier molecular flexibility index (Phi) is 6.18. The fourth-order valence-electron chi connectivity index (χ4n) is 1.54. The maximum atomic E-state index is 11.7. The van der Waals surface area contributed by atoms with E-state index in [4.69, 9.17) is 28.6 Å². The lowest BCUT2D eigenvalue weighted by Crippen LogP contribution is -2.37. The zero-order valence-corrected chi connectivity index (χ0v) is 14.5. The molecule has 114 valence electrons. The summed E-state index contributed by atoms with van der Waals surface area (Å²) < 4.78 is 6.29. The van der Waals surface area contributed by atoms with Gasteiger partial charge >= 0.3 is 0 Å². The molecule has 0 saturated carbocycles. The Hall–Kier alpha value is -1.63. The van der Waals surface area contributed by atoms with Crippen molar-refractivity contribution in [2.45, 2.75) is 0 Å². The molecule has 2 aromatic carbocycles. The molecule has 0 bridgehead atoms. The van der Waals surface area contributed by atoms with Crippen LogP contribution in [-0.4, -0.2) is 17.6 Å². The van der Waals surface area contributed by atoms with Gasteiger partial charge in [-0.3, -0.25) is 10.1 Å². The van der Waals surface area contributed by atoms with E-state index in [1.54, 1.807) is 36.4 Å². The monoisotopic (exact) mass is 398 g/mol. The quantitative estimate of drug-likeness (QED) is 0.763. The number of nitrogens with one attached hydrogen (secondary N) is 2. The lowest BCUT2D eigenvalue weighted by atomic mass is 10.3. The molecule has 7 heteroatoms. The summed E-state index contributed by atoms with van der Waals surface area (Å²) in [5, 5.41) is 6.25. The van der Waals surface area contributed by atoms with Gasteiger partial charge in [0.2, 0.25) is 0 Å².